The minimum atomic E-state index is -0.172. The Labute approximate surface area is 195 Å². The van der Waals surface area contributed by atoms with E-state index in [-0.39, 0.29) is 11.8 Å². The number of aromatic nitrogens is 5. The molecule has 1 fully saturated rings. The summed E-state index contributed by atoms with van der Waals surface area (Å²) in [6, 6.07) is 12.8. The predicted molar refractivity (Wildman–Crippen MR) is 128 cm³/mol. The Bertz CT molecular complexity index is 1350. The van der Waals surface area contributed by atoms with Crippen molar-refractivity contribution >= 4 is 40.6 Å². The molecule has 0 bridgehead atoms. The monoisotopic (exact) mass is 459 g/mol. The standard InChI is InChI=1S/C23H25N9O2/c1-15-13-20(28-27-15)25-21-19-7-4-8-32(19)29-23(26-21)31-11-9-30(10-12-31)22(34)17-5-3-6-18(14-17)24-16(2)33/h3-8,13-14H,9-12H2,1-2H3,(H,24,33)(H2,25,26,27,28,29). The maximum Gasteiger partial charge on any atom is 0.254 e. The molecule has 34 heavy (non-hydrogen) atoms. The van der Waals surface area contributed by atoms with Crippen molar-refractivity contribution in [1.29, 1.82) is 0 Å². The predicted octanol–water partition coefficient (Wildman–Crippen LogP) is 2.43. The summed E-state index contributed by atoms with van der Waals surface area (Å²) < 4.78 is 1.79. The van der Waals surface area contributed by atoms with Gasteiger partial charge < -0.3 is 20.4 Å². The van der Waals surface area contributed by atoms with Crippen LogP contribution in [-0.4, -0.2) is 67.7 Å². The number of piperazine rings is 1. The number of amides is 2. The Kier molecular flexibility index (Phi) is 5.58. The van der Waals surface area contributed by atoms with Gasteiger partial charge in [-0.2, -0.15) is 10.1 Å². The van der Waals surface area contributed by atoms with Gasteiger partial charge in [0, 0.05) is 62.3 Å². The van der Waals surface area contributed by atoms with E-state index in [1.54, 1.807) is 28.8 Å². The molecule has 4 aromatic rings. The highest BCUT2D eigenvalue weighted by Gasteiger charge is 2.25. The van der Waals surface area contributed by atoms with Crippen molar-refractivity contribution in [2.24, 2.45) is 0 Å². The molecule has 174 valence electrons. The number of anilines is 4. The summed E-state index contributed by atoms with van der Waals surface area (Å²) in [5.41, 5.74) is 2.95. The number of aryl methyl sites for hydroxylation is 1. The molecule has 4 heterocycles. The van der Waals surface area contributed by atoms with Crippen LogP contribution < -0.4 is 15.5 Å². The van der Waals surface area contributed by atoms with Crippen LogP contribution in [0.15, 0.2) is 48.7 Å². The lowest BCUT2D eigenvalue weighted by Gasteiger charge is -2.34. The smallest absolute Gasteiger partial charge is 0.254 e. The van der Waals surface area contributed by atoms with E-state index in [9.17, 15) is 9.59 Å². The van der Waals surface area contributed by atoms with E-state index in [0.29, 0.717) is 55.0 Å². The third-order valence-electron chi connectivity index (χ3n) is 5.61. The third-order valence-corrected chi connectivity index (χ3v) is 5.61. The third kappa shape index (κ3) is 4.40. The Morgan fingerprint density at radius 3 is 2.62 bits per heavy atom. The second-order valence-electron chi connectivity index (χ2n) is 8.20. The lowest BCUT2D eigenvalue weighted by atomic mass is 10.1. The van der Waals surface area contributed by atoms with Crippen molar-refractivity contribution in [3.63, 3.8) is 0 Å². The molecule has 1 saturated heterocycles. The van der Waals surface area contributed by atoms with E-state index >= 15 is 0 Å². The number of hydrogen-bond acceptors (Lipinski definition) is 7. The van der Waals surface area contributed by atoms with Gasteiger partial charge in [0.2, 0.25) is 11.9 Å². The number of nitrogens with one attached hydrogen (secondary N) is 3. The Morgan fingerprint density at radius 2 is 1.88 bits per heavy atom. The molecule has 0 spiro atoms. The molecule has 0 atom stereocenters. The molecule has 1 aliphatic rings. The van der Waals surface area contributed by atoms with Crippen molar-refractivity contribution in [3.05, 3.63) is 59.9 Å². The molecule has 1 aliphatic heterocycles. The van der Waals surface area contributed by atoms with E-state index in [1.165, 1.54) is 6.92 Å². The molecule has 5 rings (SSSR count). The van der Waals surface area contributed by atoms with Gasteiger partial charge in [0.25, 0.3) is 5.91 Å². The highest BCUT2D eigenvalue weighted by atomic mass is 16.2. The maximum absolute atomic E-state index is 13.0. The van der Waals surface area contributed by atoms with Gasteiger partial charge in [-0.25, -0.2) is 4.52 Å². The van der Waals surface area contributed by atoms with Crippen LogP contribution in [0, 0.1) is 6.92 Å². The summed E-state index contributed by atoms with van der Waals surface area (Å²) >= 11 is 0. The Balaban J connectivity index is 1.30. The number of carbonyl (C=O) groups is 2. The first kappa shape index (κ1) is 21.4. The average molecular weight is 460 g/mol. The van der Waals surface area contributed by atoms with Crippen molar-refractivity contribution in [3.8, 4) is 0 Å². The molecular weight excluding hydrogens is 434 g/mol. The average Bonchev–Trinajstić information content (AvgIpc) is 3.47. The molecule has 3 aromatic heterocycles. The summed E-state index contributed by atoms with van der Waals surface area (Å²) in [4.78, 5) is 33.0. The summed E-state index contributed by atoms with van der Waals surface area (Å²) in [6.07, 6.45) is 1.88. The van der Waals surface area contributed by atoms with Crippen molar-refractivity contribution < 1.29 is 9.59 Å². The van der Waals surface area contributed by atoms with E-state index in [4.69, 9.17) is 4.98 Å². The fourth-order valence-corrected chi connectivity index (χ4v) is 3.98. The summed E-state index contributed by atoms with van der Waals surface area (Å²) in [5, 5.41) is 17.8. The van der Waals surface area contributed by atoms with Gasteiger partial charge in [-0.15, -0.1) is 5.10 Å². The number of rotatable bonds is 5. The summed E-state index contributed by atoms with van der Waals surface area (Å²) in [5.74, 6) is 1.69. The van der Waals surface area contributed by atoms with Crippen LogP contribution >= 0.6 is 0 Å². The van der Waals surface area contributed by atoms with E-state index in [1.807, 2.05) is 36.2 Å². The first-order valence-corrected chi connectivity index (χ1v) is 11.0. The number of aromatic amines is 1. The number of nitrogens with zero attached hydrogens (tertiary/aromatic N) is 6. The fourth-order valence-electron chi connectivity index (χ4n) is 3.98. The quantitative estimate of drug-likeness (QED) is 0.419. The summed E-state index contributed by atoms with van der Waals surface area (Å²) in [7, 11) is 0. The first-order valence-electron chi connectivity index (χ1n) is 11.0. The van der Waals surface area contributed by atoms with Crippen LogP contribution in [0.25, 0.3) is 5.52 Å². The van der Waals surface area contributed by atoms with Crippen molar-refractivity contribution in [1.82, 2.24) is 29.7 Å². The zero-order chi connectivity index (χ0) is 23.7. The van der Waals surface area contributed by atoms with Gasteiger partial charge in [0.1, 0.15) is 5.52 Å². The van der Waals surface area contributed by atoms with Crippen LogP contribution in [-0.2, 0) is 4.79 Å². The SMILES string of the molecule is CC(=O)Nc1cccc(C(=O)N2CCN(c3nc(Nc4cc(C)[nH]n4)c4cccn4n3)CC2)c1. The number of fused-ring (bicyclic) bond motifs is 1. The van der Waals surface area contributed by atoms with Gasteiger partial charge in [0.15, 0.2) is 11.6 Å². The van der Waals surface area contributed by atoms with Gasteiger partial charge in [-0.05, 0) is 37.3 Å². The highest BCUT2D eigenvalue weighted by molar-refractivity contribution is 5.97. The van der Waals surface area contributed by atoms with Crippen LogP contribution in [0.3, 0.4) is 0 Å². The second-order valence-corrected chi connectivity index (χ2v) is 8.20. The number of H-pyrrole nitrogens is 1. The molecular formula is C23H25N9O2. The molecule has 0 aliphatic carbocycles. The van der Waals surface area contributed by atoms with E-state index in [0.717, 1.165) is 11.2 Å². The van der Waals surface area contributed by atoms with Crippen molar-refractivity contribution in [2.75, 3.05) is 41.7 Å². The fraction of sp³-hybridized carbons (Fsp3) is 0.261. The molecule has 1 aromatic carbocycles. The minimum Gasteiger partial charge on any atom is -0.336 e. The summed E-state index contributed by atoms with van der Waals surface area (Å²) in [6.45, 7) is 5.66. The molecule has 0 unspecified atom stereocenters. The maximum atomic E-state index is 13.0. The topological polar surface area (TPSA) is 124 Å². The van der Waals surface area contributed by atoms with Crippen LogP contribution in [0.2, 0.25) is 0 Å². The first-order chi connectivity index (χ1) is 16.5. The molecule has 11 heteroatoms. The van der Waals surface area contributed by atoms with Crippen LogP contribution in [0.5, 0.6) is 0 Å². The molecule has 3 N–H and O–H groups in total. The van der Waals surface area contributed by atoms with E-state index < -0.39 is 0 Å². The molecule has 0 radical (unpaired) electrons. The highest BCUT2D eigenvalue weighted by Crippen LogP contribution is 2.23. The lowest BCUT2D eigenvalue weighted by molar-refractivity contribution is -0.114. The van der Waals surface area contributed by atoms with Crippen LogP contribution in [0.1, 0.15) is 23.0 Å². The van der Waals surface area contributed by atoms with Gasteiger partial charge >= 0.3 is 0 Å². The number of carbonyl (C=O) groups excluding carboxylic acids is 2. The lowest BCUT2D eigenvalue weighted by Crippen LogP contribution is -2.49. The zero-order valence-corrected chi connectivity index (χ0v) is 18.9. The Hall–Kier alpha value is -4.41. The van der Waals surface area contributed by atoms with Crippen LogP contribution in [0.4, 0.5) is 23.3 Å². The normalized spacial score (nSPS) is 13.8. The largest absolute Gasteiger partial charge is 0.336 e. The van der Waals surface area contributed by atoms with Gasteiger partial charge in [0.05, 0.1) is 0 Å². The molecule has 11 nitrogen and oxygen atoms in total. The zero-order valence-electron chi connectivity index (χ0n) is 18.9. The Morgan fingerprint density at radius 1 is 1.06 bits per heavy atom. The second kappa shape index (κ2) is 8.85. The number of benzene rings is 1. The molecule has 2 amide bonds. The molecule has 0 saturated carbocycles. The van der Waals surface area contributed by atoms with E-state index in [2.05, 4.69) is 30.8 Å². The minimum absolute atomic E-state index is 0.0649. The van der Waals surface area contributed by atoms with Gasteiger partial charge in [-0.1, -0.05) is 6.07 Å². The van der Waals surface area contributed by atoms with Crippen molar-refractivity contribution in [2.45, 2.75) is 13.8 Å². The van der Waals surface area contributed by atoms with Gasteiger partial charge in [-0.3, -0.25) is 14.7 Å². The number of hydrogen-bond donors (Lipinski definition) is 3.